The maximum Gasteiger partial charge on any atom is 0.453 e. The topological polar surface area (TPSA) is 69.4 Å². The average Bonchev–Trinajstić information content (AvgIpc) is 3.06. The molecule has 0 N–H and O–H groups in total. The Kier molecular flexibility index (Phi) is 5.90. The van der Waals surface area contributed by atoms with Crippen LogP contribution in [0.1, 0.15) is 68.2 Å². The number of aryl methyl sites for hydroxylation is 2. The van der Waals surface area contributed by atoms with Crippen LogP contribution in [0.4, 0.5) is 13.2 Å². The van der Waals surface area contributed by atoms with E-state index >= 15 is 0 Å². The predicted octanol–water partition coefficient (Wildman–Crippen LogP) is 4.20. The number of nitrogens with zero attached hydrogens (tertiary/aromatic N) is 4. The van der Waals surface area contributed by atoms with Crippen LogP contribution in [0.15, 0.2) is 0 Å². The number of fused-ring (bicyclic) bond motifs is 1. The lowest BCUT2D eigenvalue weighted by atomic mass is 9.85. The molecule has 0 amide bonds. The van der Waals surface area contributed by atoms with Crippen LogP contribution in [0.3, 0.4) is 0 Å². The number of rotatable bonds is 5. The Morgan fingerprint density at radius 3 is 2.61 bits per heavy atom. The molecule has 9 heteroatoms. The van der Waals surface area contributed by atoms with E-state index in [2.05, 4.69) is 22.0 Å². The molecule has 3 rings (SSSR count). The summed E-state index contributed by atoms with van der Waals surface area (Å²) in [5, 5.41) is 3.53. The lowest BCUT2D eigenvalue weighted by Crippen LogP contribution is -2.29. The molecule has 1 aliphatic carbocycles. The van der Waals surface area contributed by atoms with Crippen molar-refractivity contribution in [2.45, 2.75) is 78.0 Å². The van der Waals surface area contributed by atoms with E-state index in [9.17, 15) is 18.0 Å². The van der Waals surface area contributed by atoms with Crippen molar-refractivity contribution in [3.8, 4) is 0 Å². The lowest BCUT2D eigenvalue weighted by molar-refractivity contribution is -0.153. The zero-order chi connectivity index (χ0) is 20.5. The molecule has 0 radical (unpaired) electrons. The van der Waals surface area contributed by atoms with Gasteiger partial charge in [0, 0.05) is 17.8 Å². The first-order valence-corrected chi connectivity index (χ1v) is 9.70. The first-order valence-electron chi connectivity index (χ1n) is 9.70. The Labute approximate surface area is 161 Å². The molecule has 154 valence electrons. The third-order valence-electron chi connectivity index (χ3n) is 5.53. The van der Waals surface area contributed by atoms with E-state index in [4.69, 9.17) is 4.74 Å². The Morgan fingerprint density at radius 1 is 1.21 bits per heavy atom. The van der Waals surface area contributed by atoms with Crippen molar-refractivity contribution >= 4 is 11.7 Å². The van der Waals surface area contributed by atoms with Gasteiger partial charge in [-0.05, 0) is 57.4 Å². The third kappa shape index (κ3) is 4.28. The number of hydrogen-bond donors (Lipinski definition) is 0. The molecule has 1 saturated carbocycles. The Morgan fingerprint density at radius 2 is 1.93 bits per heavy atom. The molecule has 6 nitrogen and oxygen atoms in total. The fraction of sp³-hybridized carbons (Fsp3) is 0.684. The van der Waals surface area contributed by atoms with Crippen molar-refractivity contribution < 1.29 is 22.7 Å². The Balaban J connectivity index is 1.72. The SMILES string of the molecule is CCC1CCCCC1OC(=O)CCc1c(C)nc2nc(C(F)(F)F)nn2c1C. The number of esters is 1. The second-order valence-corrected chi connectivity index (χ2v) is 7.39. The molecule has 0 spiro atoms. The first-order chi connectivity index (χ1) is 13.2. The van der Waals surface area contributed by atoms with Gasteiger partial charge in [0.2, 0.25) is 0 Å². The lowest BCUT2D eigenvalue weighted by Gasteiger charge is -2.30. The van der Waals surface area contributed by atoms with Crippen LogP contribution in [0.5, 0.6) is 0 Å². The molecule has 0 aromatic carbocycles. The fourth-order valence-corrected chi connectivity index (χ4v) is 3.94. The van der Waals surface area contributed by atoms with Gasteiger partial charge in [-0.1, -0.05) is 13.3 Å². The van der Waals surface area contributed by atoms with Crippen molar-refractivity contribution in [1.82, 2.24) is 19.6 Å². The van der Waals surface area contributed by atoms with Crippen LogP contribution in [-0.2, 0) is 22.1 Å². The van der Waals surface area contributed by atoms with Crippen LogP contribution in [0.2, 0.25) is 0 Å². The highest BCUT2D eigenvalue weighted by molar-refractivity contribution is 5.70. The van der Waals surface area contributed by atoms with E-state index in [0.717, 1.165) is 30.2 Å². The second kappa shape index (κ2) is 8.05. The number of halogens is 3. The van der Waals surface area contributed by atoms with Crippen LogP contribution in [0, 0.1) is 19.8 Å². The van der Waals surface area contributed by atoms with Crippen molar-refractivity contribution in [3.63, 3.8) is 0 Å². The molecule has 0 bridgehead atoms. The number of carbonyl (C=O) groups is 1. The summed E-state index contributed by atoms with van der Waals surface area (Å²) in [5.41, 5.74) is 1.74. The van der Waals surface area contributed by atoms with Crippen LogP contribution >= 0.6 is 0 Å². The minimum absolute atomic E-state index is 0.0290. The number of hydrogen-bond acceptors (Lipinski definition) is 5. The normalized spacial score (nSPS) is 20.5. The summed E-state index contributed by atoms with van der Waals surface area (Å²) in [5.74, 6) is -1.18. The maximum atomic E-state index is 12.9. The second-order valence-electron chi connectivity index (χ2n) is 7.39. The minimum atomic E-state index is -4.63. The smallest absolute Gasteiger partial charge is 0.453 e. The molecule has 2 aromatic heterocycles. The highest BCUT2D eigenvalue weighted by Crippen LogP contribution is 2.30. The minimum Gasteiger partial charge on any atom is -0.462 e. The average molecular weight is 398 g/mol. The molecular weight excluding hydrogens is 373 g/mol. The zero-order valence-corrected chi connectivity index (χ0v) is 16.3. The largest absolute Gasteiger partial charge is 0.462 e. The standard InChI is InChI=1S/C19H25F3N4O2/c1-4-13-7-5-6-8-15(13)28-16(27)10-9-14-11(2)23-18-24-17(19(20,21)22)25-26(18)12(14)3/h13,15H,4-10H2,1-3H3. The van der Waals surface area contributed by atoms with Crippen molar-refractivity contribution in [2.75, 3.05) is 0 Å². The molecule has 28 heavy (non-hydrogen) atoms. The predicted molar refractivity (Wildman–Crippen MR) is 95.7 cm³/mol. The number of aromatic nitrogens is 4. The van der Waals surface area contributed by atoms with E-state index in [1.807, 2.05) is 0 Å². The van der Waals surface area contributed by atoms with Gasteiger partial charge in [0.15, 0.2) is 0 Å². The van der Waals surface area contributed by atoms with Gasteiger partial charge in [-0.25, -0.2) is 9.50 Å². The van der Waals surface area contributed by atoms with Crippen LogP contribution < -0.4 is 0 Å². The van der Waals surface area contributed by atoms with Crippen LogP contribution in [0.25, 0.3) is 5.78 Å². The molecule has 1 fully saturated rings. The van der Waals surface area contributed by atoms with Gasteiger partial charge in [0.05, 0.1) is 0 Å². The van der Waals surface area contributed by atoms with Gasteiger partial charge in [-0.15, -0.1) is 5.10 Å². The van der Waals surface area contributed by atoms with E-state index in [1.165, 1.54) is 6.42 Å². The highest BCUT2D eigenvalue weighted by Gasteiger charge is 2.37. The molecule has 2 aromatic rings. The van der Waals surface area contributed by atoms with Crippen molar-refractivity contribution in [3.05, 3.63) is 22.8 Å². The monoisotopic (exact) mass is 398 g/mol. The van der Waals surface area contributed by atoms with Crippen LogP contribution in [-0.4, -0.2) is 31.7 Å². The third-order valence-corrected chi connectivity index (χ3v) is 5.53. The zero-order valence-electron chi connectivity index (χ0n) is 16.3. The summed E-state index contributed by atoms with van der Waals surface area (Å²) in [6.07, 6.45) is 1.05. The molecular formula is C19H25F3N4O2. The molecule has 2 heterocycles. The van der Waals surface area contributed by atoms with Gasteiger partial charge in [-0.2, -0.15) is 18.2 Å². The molecule has 0 saturated heterocycles. The van der Waals surface area contributed by atoms with Gasteiger partial charge in [0.25, 0.3) is 11.6 Å². The summed E-state index contributed by atoms with van der Waals surface area (Å²) in [6, 6.07) is 0. The first kappa shape index (κ1) is 20.5. The van der Waals surface area contributed by atoms with E-state index < -0.39 is 12.0 Å². The number of alkyl halides is 3. The fourth-order valence-electron chi connectivity index (χ4n) is 3.94. The van der Waals surface area contributed by atoms with E-state index in [-0.39, 0.29) is 24.3 Å². The van der Waals surface area contributed by atoms with Gasteiger partial charge >= 0.3 is 12.1 Å². The highest BCUT2D eigenvalue weighted by atomic mass is 19.4. The van der Waals surface area contributed by atoms with Gasteiger partial charge < -0.3 is 4.74 Å². The van der Waals surface area contributed by atoms with E-state index in [0.29, 0.717) is 29.3 Å². The summed E-state index contributed by atoms with van der Waals surface area (Å²) >= 11 is 0. The molecule has 0 aliphatic heterocycles. The summed E-state index contributed by atoms with van der Waals surface area (Å²) in [6.45, 7) is 5.47. The molecule has 2 atom stereocenters. The Hall–Kier alpha value is -2.19. The quantitative estimate of drug-likeness (QED) is 0.706. The molecule has 2 unspecified atom stereocenters. The maximum absolute atomic E-state index is 12.9. The van der Waals surface area contributed by atoms with E-state index in [1.54, 1.807) is 13.8 Å². The summed E-state index contributed by atoms with van der Waals surface area (Å²) < 4.78 is 45.4. The number of carbonyl (C=O) groups excluding carboxylic acids is 1. The Bertz CT molecular complexity index is 863. The van der Waals surface area contributed by atoms with Gasteiger partial charge in [0.1, 0.15) is 6.10 Å². The summed E-state index contributed by atoms with van der Waals surface area (Å²) in [4.78, 5) is 19.9. The summed E-state index contributed by atoms with van der Waals surface area (Å²) in [7, 11) is 0. The van der Waals surface area contributed by atoms with Gasteiger partial charge in [-0.3, -0.25) is 4.79 Å². The molecule has 1 aliphatic rings. The number of ether oxygens (including phenoxy) is 1. The van der Waals surface area contributed by atoms with Crippen molar-refractivity contribution in [2.24, 2.45) is 5.92 Å². The van der Waals surface area contributed by atoms with Crippen molar-refractivity contribution in [1.29, 1.82) is 0 Å².